The quantitative estimate of drug-likeness (QED) is 0.693. The highest BCUT2D eigenvalue weighted by Crippen LogP contribution is 2.30. The monoisotopic (exact) mass is 208 g/mol. The number of anilines is 1. The van der Waals surface area contributed by atoms with E-state index in [1.54, 1.807) is 13.0 Å². The molecule has 15 heavy (non-hydrogen) atoms. The first-order valence-electron chi connectivity index (χ1n) is 4.42. The van der Waals surface area contributed by atoms with E-state index in [4.69, 9.17) is 5.73 Å². The minimum absolute atomic E-state index is 0.0966. The highest BCUT2D eigenvalue weighted by atomic mass is 19.1. The average molecular weight is 208 g/mol. The van der Waals surface area contributed by atoms with Gasteiger partial charge < -0.3 is 5.73 Å². The first-order valence-corrected chi connectivity index (χ1v) is 4.42. The molecule has 0 saturated carbocycles. The molecular formula is C10H9FN2O2. The van der Waals surface area contributed by atoms with Crippen LogP contribution in [0.25, 0.3) is 0 Å². The Morgan fingerprint density at radius 2 is 2.20 bits per heavy atom. The Morgan fingerprint density at radius 3 is 2.80 bits per heavy atom. The van der Waals surface area contributed by atoms with Crippen LogP contribution >= 0.6 is 0 Å². The van der Waals surface area contributed by atoms with Crippen molar-refractivity contribution in [2.45, 2.75) is 13.3 Å². The van der Waals surface area contributed by atoms with Crippen LogP contribution in [0.1, 0.15) is 11.1 Å². The van der Waals surface area contributed by atoms with Crippen LogP contribution < -0.4 is 10.6 Å². The number of fused-ring (bicyclic) bond motifs is 1. The van der Waals surface area contributed by atoms with Crippen LogP contribution in [0, 0.1) is 12.7 Å². The Hall–Kier alpha value is -1.91. The van der Waals surface area contributed by atoms with E-state index in [9.17, 15) is 14.0 Å². The van der Waals surface area contributed by atoms with Gasteiger partial charge in [-0.05, 0) is 24.1 Å². The first-order chi connectivity index (χ1) is 7.00. The van der Waals surface area contributed by atoms with Crippen LogP contribution in [0.3, 0.4) is 0 Å². The maximum atomic E-state index is 13.2. The predicted octanol–water partition coefficient (Wildman–Crippen LogP) is 1.10. The molecule has 0 spiro atoms. The van der Waals surface area contributed by atoms with Crippen molar-refractivity contribution in [2.24, 2.45) is 5.73 Å². The smallest absolute Gasteiger partial charge is 0.326 e. The van der Waals surface area contributed by atoms with E-state index in [0.29, 0.717) is 11.1 Å². The topological polar surface area (TPSA) is 63.4 Å². The maximum absolute atomic E-state index is 13.2. The largest absolute Gasteiger partial charge is 0.351 e. The molecule has 2 N–H and O–H groups in total. The van der Waals surface area contributed by atoms with Crippen molar-refractivity contribution < 1.29 is 14.0 Å². The summed E-state index contributed by atoms with van der Waals surface area (Å²) < 4.78 is 13.2. The Labute approximate surface area is 85.5 Å². The van der Waals surface area contributed by atoms with E-state index in [-0.39, 0.29) is 12.1 Å². The number of halogens is 1. The number of primary amides is 1. The molecule has 2 rings (SSSR count). The molecule has 5 heteroatoms. The fraction of sp³-hybridized carbons (Fsp3) is 0.200. The minimum atomic E-state index is -0.873. The van der Waals surface area contributed by atoms with E-state index >= 15 is 0 Å². The van der Waals surface area contributed by atoms with Gasteiger partial charge in [0.15, 0.2) is 0 Å². The molecule has 78 valence electrons. The number of rotatable bonds is 0. The van der Waals surface area contributed by atoms with Gasteiger partial charge in [-0.25, -0.2) is 14.1 Å². The van der Waals surface area contributed by atoms with Crippen molar-refractivity contribution in [3.8, 4) is 0 Å². The molecule has 1 aliphatic rings. The third-order valence-electron chi connectivity index (χ3n) is 2.41. The summed E-state index contributed by atoms with van der Waals surface area (Å²) in [6, 6.07) is 1.85. The summed E-state index contributed by atoms with van der Waals surface area (Å²) in [6.07, 6.45) is 0.0966. The number of carbonyl (C=O) groups excluding carboxylic acids is 2. The van der Waals surface area contributed by atoms with Gasteiger partial charge in [-0.1, -0.05) is 6.07 Å². The van der Waals surface area contributed by atoms with E-state index in [1.807, 2.05) is 0 Å². The number of aryl methyl sites for hydroxylation is 1. The number of hydrogen-bond acceptors (Lipinski definition) is 2. The van der Waals surface area contributed by atoms with Crippen molar-refractivity contribution in [1.29, 1.82) is 0 Å². The van der Waals surface area contributed by atoms with Crippen LogP contribution in [0.2, 0.25) is 0 Å². The zero-order valence-electron chi connectivity index (χ0n) is 8.08. The first kappa shape index (κ1) is 9.64. The molecule has 0 unspecified atom stereocenters. The molecule has 3 amide bonds. The molecule has 1 aromatic carbocycles. The number of benzene rings is 1. The summed E-state index contributed by atoms with van der Waals surface area (Å²) in [5, 5.41) is 0. The van der Waals surface area contributed by atoms with Gasteiger partial charge in [0.05, 0.1) is 12.1 Å². The summed E-state index contributed by atoms with van der Waals surface area (Å²) in [4.78, 5) is 23.2. The predicted molar refractivity (Wildman–Crippen MR) is 51.9 cm³/mol. The Morgan fingerprint density at radius 1 is 1.53 bits per heavy atom. The SMILES string of the molecule is Cc1cc2c(cc1F)N(C(N)=O)C(=O)C2. The third kappa shape index (κ3) is 1.36. The van der Waals surface area contributed by atoms with Crippen molar-refractivity contribution >= 4 is 17.6 Å². The third-order valence-corrected chi connectivity index (χ3v) is 2.41. The van der Waals surface area contributed by atoms with Crippen molar-refractivity contribution in [3.63, 3.8) is 0 Å². The van der Waals surface area contributed by atoms with E-state index < -0.39 is 17.8 Å². The molecule has 0 fully saturated rings. The van der Waals surface area contributed by atoms with Crippen LogP contribution in [-0.2, 0) is 11.2 Å². The van der Waals surface area contributed by atoms with Gasteiger partial charge in [0.1, 0.15) is 5.82 Å². The Balaban J connectivity index is 2.59. The minimum Gasteiger partial charge on any atom is -0.351 e. The molecule has 0 aliphatic carbocycles. The van der Waals surface area contributed by atoms with Gasteiger partial charge in [0.25, 0.3) is 0 Å². The molecule has 1 heterocycles. The van der Waals surface area contributed by atoms with Crippen LogP contribution in [0.5, 0.6) is 0 Å². The van der Waals surface area contributed by atoms with E-state index in [2.05, 4.69) is 0 Å². The Kier molecular flexibility index (Phi) is 1.96. The van der Waals surface area contributed by atoms with Gasteiger partial charge in [0, 0.05) is 0 Å². The molecule has 0 atom stereocenters. The number of hydrogen-bond donors (Lipinski definition) is 1. The summed E-state index contributed by atoms with van der Waals surface area (Å²) in [5.41, 5.74) is 6.38. The van der Waals surface area contributed by atoms with Crippen LogP contribution in [0.15, 0.2) is 12.1 Å². The number of carbonyl (C=O) groups is 2. The zero-order chi connectivity index (χ0) is 11.2. The van der Waals surface area contributed by atoms with Gasteiger partial charge in [-0.2, -0.15) is 0 Å². The summed E-state index contributed by atoms with van der Waals surface area (Å²) in [7, 11) is 0. The van der Waals surface area contributed by atoms with Crippen LogP contribution in [-0.4, -0.2) is 11.9 Å². The number of imide groups is 1. The molecular weight excluding hydrogens is 199 g/mol. The fourth-order valence-corrected chi connectivity index (χ4v) is 1.70. The Bertz CT molecular complexity index is 471. The lowest BCUT2D eigenvalue weighted by atomic mass is 10.1. The van der Waals surface area contributed by atoms with Crippen molar-refractivity contribution in [2.75, 3.05) is 4.90 Å². The second-order valence-corrected chi connectivity index (χ2v) is 3.47. The summed E-state index contributed by atoms with van der Waals surface area (Å²) in [6.45, 7) is 1.60. The van der Waals surface area contributed by atoms with Crippen molar-refractivity contribution in [1.82, 2.24) is 0 Å². The molecule has 1 aromatic rings. The highest BCUT2D eigenvalue weighted by molar-refractivity contribution is 6.18. The molecule has 0 aromatic heterocycles. The van der Waals surface area contributed by atoms with Gasteiger partial charge >= 0.3 is 6.03 Å². The molecule has 0 radical (unpaired) electrons. The number of amides is 3. The van der Waals surface area contributed by atoms with Crippen molar-refractivity contribution in [3.05, 3.63) is 29.1 Å². The zero-order valence-corrected chi connectivity index (χ0v) is 8.08. The molecule has 4 nitrogen and oxygen atoms in total. The van der Waals surface area contributed by atoms with E-state index in [0.717, 1.165) is 4.90 Å². The van der Waals surface area contributed by atoms with E-state index in [1.165, 1.54) is 6.07 Å². The maximum Gasteiger partial charge on any atom is 0.326 e. The van der Waals surface area contributed by atoms with Gasteiger partial charge in [0.2, 0.25) is 5.91 Å². The molecule has 0 saturated heterocycles. The average Bonchev–Trinajstić information content (AvgIpc) is 2.41. The van der Waals surface area contributed by atoms with Crippen LogP contribution in [0.4, 0.5) is 14.9 Å². The number of nitrogens with zero attached hydrogens (tertiary/aromatic N) is 1. The summed E-state index contributed by atoms with van der Waals surface area (Å²) >= 11 is 0. The summed E-state index contributed by atoms with van der Waals surface area (Å²) in [5.74, 6) is -0.864. The normalized spacial score (nSPS) is 14.3. The van der Waals surface area contributed by atoms with Gasteiger partial charge in [-0.15, -0.1) is 0 Å². The molecule has 1 aliphatic heterocycles. The lowest BCUT2D eigenvalue weighted by Crippen LogP contribution is -2.38. The van der Waals surface area contributed by atoms with Gasteiger partial charge in [-0.3, -0.25) is 4.79 Å². The second-order valence-electron chi connectivity index (χ2n) is 3.47. The number of nitrogens with two attached hydrogens (primary N) is 1. The highest BCUT2D eigenvalue weighted by Gasteiger charge is 2.31. The fourth-order valence-electron chi connectivity index (χ4n) is 1.70. The second kappa shape index (κ2) is 3.05. The lowest BCUT2D eigenvalue weighted by Gasteiger charge is -2.12. The molecule has 0 bridgehead atoms. The lowest BCUT2D eigenvalue weighted by molar-refractivity contribution is -0.116. The standard InChI is InChI=1S/C10H9FN2O2/c1-5-2-6-3-9(14)13(10(12)15)8(6)4-7(5)11/h2,4H,3H2,1H3,(H2,12,15). The number of urea groups is 1.